The second-order valence-electron chi connectivity index (χ2n) is 10.2. The smallest absolute Gasteiger partial charge is 0.407 e. The van der Waals surface area contributed by atoms with Crippen LogP contribution in [0.4, 0.5) is 10.5 Å². The third-order valence-electron chi connectivity index (χ3n) is 7.59. The van der Waals surface area contributed by atoms with Gasteiger partial charge in [-0.3, -0.25) is 0 Å². The minimum absolute atomic E-state index is 0.203. The van der Waals surface area contributed by atoms with Crippen LogP contribution >= 0.6 is 0 Å². The molecule has 1 aliphatic carbocycles. The van der Waals surface area contributed by atoms with Crippen molar-refractivity contribution < 1.29 is 13.9 Å². The summed E-state index contributed by atoms with van der Waals surface area (Å²) in [5.74, 6) is 2.28. The summed E-state index contributed by atoms with van der Waals surface area (Å²) in [4.78, 5) is 15.0. The van der Waals surface area contributed by atoms with Gasteiger partial charge in [-0.2, -0.15) is 0 Å². The molecule has 0 bridgehead atoms. The molecular weight excluding hydrogens is 452 g/mol. The van der Waals surface area contributed by atoms with E-state index in [0.29, 0.717) is 30.2 Å². The van der Waals surface area contributed by atoms with Gasteiger partial charge in [0.2, 0.25) is 11.8 Å². The van der Waals surface area contributed by atoms with E-state index in [2.05, 4.69) is 44.7 Å². The minimum atomic E-state index is -0.294. The summed E-state index contributed by atoms with van der Waals surface area (Å²) < 4.78 is 11.1. The Morgan fingerprint density at radius 2 is 1.83 bits per heavy atom. The van der Waals surface area contributed by atoms with Crippen LogP contribution in [0.25, 0.3) is 11.5 Å². The largest absolute Gasteiger partial charge is 0.445 e. The molecule has 0 spiro atoms. The van der Waals surface area contributed by atoms with Gasteiger partial charge in [0.1, 0.15) is 6.61 Å². The SMILES string of the molecule is Cc1nnc(-c2ccc(N3CCC[C@H](C[C@@H]4CCCC[C@H]4NC(=O)OCc4ccccc4)C3)cc2)o1. The third kappa shape index (κ3) is 6.25. The number of aromatic nitrogens is 2. The van der Waals surface area contributed by atoms with E-state index in [4.69, 9.17) is 9.15 Å². The van der Waals surface area contributed by atoms with Crippen LogP contribution in [0.15, 0.2) is 59.0 Å². The lowest BCUT2D eigenvalue weighted by Gasteiger charge is -2.39. The molecule has 1 saturated heterocycles. The fourth-order valence-electron chi connectivity index (χ4n) is 5.74. The van der Waals surface area contributed by atoms with E-state index in [9.17, 15) is 4.79 Å². The number of hydrogen-bond acceptors (Lipinski definition) is 6. The van der Waals surface area contributed by atoms with Gasteiger partial charge in [0.25, 0.3) is 0 Å². The maximum absolute atomic E-state index is 12.5. The number of nitrogens with one attached hydrogen (secondary N) is 1. The van der Waals surface area contributed by atoms with Crippen molar-refractivity contribution in [3.05, 3.63) is 66.1 Å². The first-order valence-electron chi connectivity index (χ1n) is 13.3. The monoisotopic (exact) mass is 488 g/mol. The Morgan fingerprint density at radius 3 is 2.61 bits per heavy atom. The molecule has 190 valence electrons. The molecular formula is C29H36N4O3. The second kappa shape index (κ2) is 11.6. The number of nitrogens with zero attached hydrogens (tertiary/aromatic N) is 3. The highest BCUT2D eigenvalue weighted by molar-refractivity contribution is 5.67. The first kappa shape index (κ1) is 24.3. The molecule has 0 radical (unpaired) electrons. The van der Waals surface area contributed by atoms with Gasteiger partial charge in [-0.05, 0) is 73.8 Å². The molecule has 1 N–H and O–H groups in total. The normalized spacial score (nSPS) is 22.2. The molecule has 0 unspecified atom stereocenters. The van der Waals surface area contributed by atoms with Gasteiger partial charge in [0, 0.05) is 37.3 Å². The number of alkyl carbamates (subject to hydrolysis) is 1. The Bertz CT molecular complexity index is 1120. The Balaban J connectivity index is 1.15. The highest BCUT2D eigenvalue weighted by atomic mass is 16.5. The van der Waals surface area contributed by atoms with Crippen LogP contribution in [-0.4, -0.2) is 35.4 Å². The average Bonchev–Trinajstić information content (AvgIpc) is 3.36. The predicted octanol–water partition coefficient (Wildman–Crippen LogP) is 6.14. The lowest BCUT2D eigenvalue weighted by molar-refractivity contribution is 0.122. The molecule has 3 aromatic rings. The van der Waals surface area contributed by atoms with Gasteiger partial charge in [-0.1, -0.05) is 43.2 Å². The van der Waals surface area contributed by atoms with Crippen molar-refractivity contribution in [1.82, 2.24) is 15.5 Å². The summed E-state index contributed by atoms with van der Waals surface area (Å²) in [5.41, 5.74) is 3.20. The van der Waals surface area contributed by atoms with Crippen molar-refractivity contribution in [2.24, 2.45) is 11.8 Å². The number of ether oxygens (including phenoxy) is 1. The zero-order chi connectivity index (χ0) is 24.7. The molecule has 5 rings (SSSR count). The Kier molecular flexibility index (Phi) is 7.84. The zero-order valence-electron chi connectivity index (χ0n) is 21.1. The maximum atomic E-state index is 12.5. The van der Waals surface area contributed by atoms with E-state index < -0.39 is 0 Å². The number of benzene rings is 2. The summed E-state index contributed by atoms with van der Waals surface area (Å²) >= 11 is 0. The van der Waals surface area contributed by atoms with Gasteiger partial charge >= 0.3 is 6.09 Å². The molecule has 2 aliphatic rings. The van der Waals surface area contributed by atoms with Crippen LogP contribution in [0.5, 0.6) is 0 Å². The van der Waals surface area contributed by atoms with Crippen LogP contribution < -0.4 is 10.2 Å². The molecule has 1 aliphatic heterocycles. The molecule has 1 aromatic heterocycles. The van der Waals surface area contributed by atoms with E-state index in [1.807, 2.05) is 30.3 Å². The topological polar surface area (TPSA) is 80.5 Å². The summed E-state index contributed by atoms with van der Waals surface area (Å²) in [6.45, 7) is 4.25. The van der Waals surface area contributed by atoms with Crippen molar-refractivity contribution in [3.63, 3.8) is 0 Å². The first-order valence-corrected chi connectivity index (χ1v) is 13.3. The molecule has 1 saturated carbocycles. The molecule has 3 atom stereocenters. The van der Waals surface area contributed by atoms with E-state index in [1.165, 1.54) is 37.8 Å². The minimum Gasteiger partial charge on any atom is -0.445 e. The molecule has 2 aromatic carbocycles. The molecule has 7 heteroatoms. The van der Waals surface area contributed by atoms with Crippen molar-refractivity contribution in [2.45, 2.75) is 64.5 Å². The van der Waals surface area contributed by atoms with Gasteiger partial charge in [-0.25, -0.2) is 4.79 Å². The van der Waals surface area contributed by atoms with Crippen molar-refractivity contribution in [3.8, 4) is 11.5 Å². The lowest BCUT2D eigenvalue weighted by Crippen LogP contribution is -2.44. The Labute approximate surface area is 213 Å². The van der Waals surface area contributed by atoms with Crippen molar-refractivity contribution in [1.29, 1.82) is 0 Å². The number of anilines is 1. The number of rotatable bonds is 7. The lowest BCUT2D eigenvalue weighted by atomic mass is 9.77. The number of aryl methyl sites for hydroxylation is 1. The van der Waals surface area contributed by atoms with Crippen LogP contribution in [0.2, 0.25) is 0 Å². The number of hydrogen-bond donors (Lipinski definition) is 1. The number of carbonyl (C=O) groups is 1. The molecule has 2 fully saturated rings. The Morgan fingerprint density at radius 1 is 1.03 bits per heavy atom. The standard InChI is InChI=1S/C29H36N4O3/c1-21-31-32-28(36-21)24-13-15-26(16-14-24)33-17-7-10-23(19-33)18-25-11-5-6-12-27(25)30-29(34)35-20-22-8-3-2-4-9-22/h2-4,8-9,13-16,23,25,27H,5-7,10-12,17-20H2,1H3,(H,30,34)/t23-,25+,27-/m1/s1. The summed E-state index contributed by atoms with van der Waals surface area (Å²) in [7, 11) is 0. The highest BCUT2D eigenvalue weighted by Crippen LogP contribution is 2.34. The van der Waals surface area contributed by atoms with Gasteiger partial charge in [0.05, 0.1) is 0 Å². The number of carbonyl (C=O) groups excluding carboxylic acids is 1. The van der Waals surface area contributed by atoms with Crippen LogP contribution in [0, 0.1) is 18.8 Å². The van der Waals surface area contributed by atoms with Crippen LogP contribution in [-0.2, 0) is 11.3 Å². The highest BCUT2D eigenvalue weighted by Gasteiger charge is 2.31. The molecule has 7 nitrogen and oxygen atoms in total. The quantitative estimate of drug-likeness (QED) is 0.430. The second-order valence-corrected chi connectivity index (χ2v) is 10.2. The van der Waals surface area contributed by atoms with Gasteiger partial charge < -0.3 is 19.4 Å². The van der Waals surface area contributed by atoms with E-state index in [0.717, 1.165) is 37.1 Å². The molecule has 36 heavy (non-hydrogen) atoms. The van der Waals surface area contributed by atoms with Crippen LogP contribution in [0.3, 0.4) is 0 Å². The Hall–Kier alpha value is -3.35. The summed E-state index contributed by atoms with van der Waals surface area (Å²) in [5, 5.41) is 11.2. The third-order valence-corrected chi connectivity index (χ3v) is 7.59. The summed E-state index contributed by atoms with van der Waals surface area (Å²) in [6, 6.07) is 18.5. The van der Waals surface area contributed by atoms with Crippen LogP contribution in [0.1, 0.15) is 56.4 Å². The number of amides is 1. The zero-order valence-corrected chi connectivity index (χ0v) is 21.1. The van der Waals surface area contributed by atoms with E-state index in [-0.39, 0.29) is 12.1 Å². The summed E-state index contributed by atoms with van der Waals surface area (Å²) in [6.07, 6.45) is 7.93. The fraction of sp³-hybridized carbons (Fsp3) is 0.483. The maximum Gasteiger partial charge on any atom is 0.407 e. The number of piperidine rings is 1. The van der Waals surface area contributed by atoms with E-state index >= 15 is 0 Å². The molecule has 2 heterocycles. The molecule has 1 amide bonds. The van der Waals surface area contributed by atoms with Gasteiger partial charge in [0.15, 0.2) is 0 Å². The van der Waals surface area contributed by atoms with E-state index in [1.54, 1.807) is 6.92 Å². The fourth-order valence-corrected chi connectivity index (χ4v) is 5.74. The van der Waals surface area contributed by atoms with Crippen molar-refractivity contribution >= 4 is 11.8 Å². The van der Waals surface area contributed by atoms with Crippen molar-refractivity contribution in [2.75, 3.05) is 18.0 Å². The van der Waals surface area contributed by atoms with Gasteiger partial charge in [-0.15, -0.1) is 10.2 Å². The first-order chi connectivity index (χ1) is 17.6. The predicted molar refractivity (Wildman–Crippen MR) is 140 cm³/mol. The average molecular weight is 489 g/mol.